The second kappa shape index (κ2) is 7.64. The summed E-state index contributed by atoms with van der Waals surface area (Å²) in [7, 11) is 0. The Morgan fingerprint density at radius 1 is 1.23 bits per heavy atom. The van der Waals surface area contributed by atoms with E-state index in [1.165, 1.54) is 0 Å². The van der Waals surface area contributed by atoms with E-state index in [0.717, 1.165) is 0 Å². The number of thiol groups is 1. The molecule has 0 saturated carbocycles. The highest BCUT2D eigenvalue weighted by atomic mass is 32.1. The second-order valence-electron chi connectivity index (χ2n) is 2.28. The van der Waals surface area contributed by atoms with Gasteiger partial charge in [-0.3, -0.25) is 4.79 Å². The van der Waals surface area contributed by atoms with Crippen LogP contribution < -0.4 is 5.73 Å². The molecule has 1 rings (SSSR count). The van der Waals surface area contributed by atoms with Crippen LogP contribution in [0.15, 0.2) is 36.4 Å². The Morgan fingerprint density at radius 3 is 1.62 bits per heavy atom. The van der Waals surface area contributed by atoms with Gasteiger partial charge >= 0.3 is 5.97 Å². The van der Waals surface area contributed by atoms with Gasteiger partial charge in [0.1, 0.15) is 6.04 Å². The molecule has 0 radical (unpaired) electrons. The fourth-order valence-corrected chi connectivity index (χ4v) is 0.619. The summed E-state index contributed by atoms with van der Waals surface area (Å²) < 4.78 is 0. The number of nitrogens with two attached hydrogens (primary N) is 1. The maximum atomic E-state index is 9.76. The average molecular weight is 199 g/mol. The maximum Gasteiger partial charge on any atom is 0.321 e. The molecule has 1 aromatic rings. The van der Waals surface area contributed by atoms with Crippen molar-refractivity contribution in [3.63, 3.8) is 0 Å². The molecular weight excluding hydrogens is 186 g/mol. The minimum Gasteiger partial charge on any atom is -0.480 e. The van der Waals surface area contributed by atoms with Gasteiger partial charge in [-0.2, -0.15) is 12.6 Å². The molecule has 3 nitrogen and oxygen atoms in total. The first-order valence-electron chi connectivity index (χ1n) is 3.77. The molecule has 3 N–H and O–H groups in total. The molecule has 0 spiro atoms. The van der Waals surface area contributed by atoms with Crippen molar-refractivity contribution in [2.24, 2.45) is 5.73 Å². The summed E-state index contributed by atoms with van der Waals surface area (Å²) >= 11 is 3.65. The number of benzene rings is 1. The zero-order valence-electron chi connectivity index (χ0n) is 7.13. The number of carboxylic acids is 1. The third-order valence-corrected chi connectivity index (χ3v) is 1.57. The molecule has 72 valence electrons. The summed E-state index contributed by atoms with van der Waals surface area (Å²) in [6.07, 6.45) is 0. The van der Waals surface area contributed by atoms with Crippen LogP contribution >= 0.6 is 12.6 Å². The van der Waals surface area contributed by atoms with E-state index in [1.54, 1.807) is 0 Å². The van der Waals surface area contributed by atoms with Crippen LogP contribution in [0.3, 0.4) is 0 Å². The Balaban J connectivity index is 0.000000223. The van der Waals surface area contributed by atoms with Gasteiger partial charge in [0.25, 0.3) is 0 Å². The van der Waals surface area contributed by atoms with E-state index in [0.29, 0.717) is 0 Å². The van der Waals surface area contributed by atoms with Gasteiger partial charge in [0.2, 0.25) is 0 Å². The number of carbonyl (C=O) groups is 1. The Labute approximate surface area is 83.0 Å². The van der Waals surface area contributed by atoms with E-state index in [2.05, 4.69) is 12.6 Å². The molecule has 0 unspecified atom stereocenters. The lowest BCUT2D eigenvalue weighted by molar-refractivity contribution is -0.137. The van der Waals surface area contributed by atoms with Crippen molar-refractivity contribution in [1.82, 2.24) is 0 Å². The van der Waals surface area contributed by atoms with E-state index >= 15 is 0 Å². The Bertz CT molecular complexity index is 202. The molecule has 1 atom stereocenters. The molecule has 0 aliphatic rings. The first-order valence-corrected chi connectivity index (χ1v) is 4.41. The highest BCUT2D eigenvalue weighted by Crippen LogP contribution is 1.80. The molecule has 0 bridgehead atoms. The van der Waals surface area contributed by atoms with Gasteiger partial charge in [-0.15, -0.1) is 0 Å². The molecule has 4 heteroatoms. The average Bonchev–Trinajstić information content (AvgIpc) is 2.20. The second-order valence-corrected chi connectivity index (χ2v) is 2.65. The van der Waals surface area contributed by atoms with E-state index in [4.69, 9.17) is 10.8 Å². The molecular formula is C9H13NO2S. The molecule has 1 aromatic carbocycles. The first-order chi connectivity index (χ1) is 6.18. The largest absolute Gasteiger partial charge is 0.480 e. The zero-order chi connectivity index (χ0) is 10.1. The normalized spacial score (nSPS) is 10.9. The van der Waals surface area contributed by atoms with Crippen molar-refractivity contribution >= 4 is 18.6 Å². The maximum absolute atomic E-state index is 9.76. The summed E-state index contributed by atoms with van der Waals surface area (Å²) in [6.45, 7) is 0. The highest BCUT2D eigenvalue weighted by Gasteiger charge is 2.06. The lowest BCUT2D eigenvalue weighted by Gasteiger charge is -1.96. The molecule has 0 amide bonds. The molecule has 13 heavy (non-hydrogen) atoms. The van der Waals surface area contributed by atoms with Gasteiger partial charge in [0, 0.05) is 5.75 Å². The number of carboxylic acid groups (broad SMARTS) is 1. The zero-order valence-corrected chi connectivity index (χ0v) is 8.02. The van der Waals surface area contributed by atoms with Crippen LogP contribution in [0.5, 0.6) is 0 Å². The van der Waals surface area contributed by atoms with Crippen molar-refractivity contribution in [3.8, 4) is 0 Å². The molecule has 0 heterocycles. The fourth-order valence-electron chi connectivity index (χ4n) is 0.463. The fraction of sp³-hybridized carbons (Fsp3) is 0.222. The van der Waals surface area contributed by atoms with E-state index in [1.807, 2.05) is 36.4 Å². The Kier molecular flexibility index (Phi) is 7.05. The number of hydrogen-bond donors (Lipinski definition) is 3. The first kappa shape index (κ1) is 12.0. The molecule has 0 aliphatic heterocycles. The molecule has 0 aliphatic carbocycles. The number of rotatable bonds is 2. The summed E-state index contributed by atoms with van der Waals surface area (Å²) in [6, 6.07) is 11.2. The lowest BCUT2D eigenvalue weighted by atomic mass is 10.4. The standard InChI is InChI=1S/C6H6.C3H7NO2S/c1-2-4-6-5-3-1;4-2(1-7)3(5)6/h1-6H;2,7H,1,4H2,(H,5,6)/t;2-/m.0/s1. The summed E-state index contributed by atoms with van der Waals surface area (Å²) in [4.78, 5) is 9.76. The topological polar surface area (TPSA) is 63.3 Å². The minimum atomic E-state index is -1.00. The summed E-state index contributed by atoms with van der Waals surface area (Å²) in [5.74, 6) is -0.815. The van der Waals surface area contributed by atoms with Gasteiger partial charge in [-0.1, -0.05) is 36.4 Å². The van der Waals surface area contributed by atoms with Crippen molar-refractivity contribution < 1.29 is 9.90 Å². The lowest BCUT2D eigenvalue weighted by Crippen LogP contribution is -2.31. The van der Waals surface area contributed by atoms with Crippen molar-refractivity contribution in [2.75, 3.05) is 5.75 Å². The predicted molar refractivity (Wildman–Crippen MR) is 55.9 cm³/mol. The van der Waals surface area contributed by atoms with Crippen molar-refractivity contribution in [1.29, 1.82) is 0 Å². The SMILES string of the molecule is N[C@@H](CS)C(=O)O.c1ccccc1. The summed E-state index contributed by atoms with van der Waals surface area (Å²) in [5.41, 5.74) is 4.94. The van der Waals surface area contributed by atoms with Gasteiger partial charge in [-0.05, 0) is 0 Å². The van der Waals surface area contributed by atoms with Gasteiger partial charge < -0.3 is 10.8 Å². The van der Waals surface area contributed by atoms with Crippen LogP contribution in [0.25, 0.3) is 0 Å². The predicted octanol–water partition coefficient (Wildman–Crippen LogP) is 1.01. The molecule has 0 fully saturated rings. The van der Waals surface area contributed by atoms with Crippen LogP contribution in [0.1, 0.15) is 0 Å². The minimum absolute atomic E-state index is 0.190. The van der Waals surface area contributed by atoms with Crippen LogP contribution in [0.4, 0.5) is 0 Å². The van der Waals surface area contributed by atoms with Crippen molar-refractivity contribution in [2.45, 2.75) is 6.04 Å². The van der Waals surface area contributed by atoms with Crippen LogP contribution in [-0.4, -0.2) is 22.9 Å². The monoisotopic (exact) mass is 199 g/mol. The summed E-state index contributed by atoms with van der Waals surface area (Å²) in [5, 5.41) is 8.01. The van der Waals surface area contributed by atoms with E-state index < -0.39 is 12.0 Å². The molecule has 0 aromatic heterocycles. The third-order valence-electron chi connectivity index (χ3n) is 1.18. The Hall–Kier alpha value is -1.00. The highest BCUT2D eigenvalue weighted by molar-refractivity contribution is 7.80. The van der Waals surface area contributed by atoms with Crippen LogP contribution in [0.2, 0.25) is 0 Å². The number of aliphatic carboxylic acids is 1. The third kappa shape index (κ3) is 7.36. The quantitative estimate of drug-likeness (QED) is 0.623. The van der Waals surface area contributed by atoms with Gasteiger partial charge in [0.05, 0.1) is 0 Å². The van der Waals surface area contributed by atoms with Gasteiger partial charge in [0.15, 0.2) is 0 Å². The smallest absolute Gasteiger partial charge is 0.321 e. The van der Waals surface area contributed by atoms with E-state index in [-0.39, 0.29) is 5.75 Å². The Morgan fingerprint density at radius 2 is 1.54 bits per heavy atom. The number of hydrogen-bond acceptors (Lipinski definition) is 3. The van der Waals surface area contributed by atoms with Crippen LogP contribution in [-0.2, 0) is 4.79 Å². The van der Waals surface area contributed by atoms with Crippen molar-refractivity contribution in [3.05, 3.63) is 36.4 Å². The van der Waals surface area contributed by atoms with E-state index in [9.17, 15) is 4.79 Å². The van der Waals surface area contributed by atoms with Gasteiger partial charge in [-0.25, -0.2) is 0 Å². The van der Waals surface area contributed by atoms with Crippen LogP contribution in [0, 0.1) is 0 Å². The molecule has 0 saturated heterocycles.